The summed E-state index contributed by atoms with van der Waals surface area (Å²) in [6.07, 6.45) is -7.51. The molecule has 1 N–H and O–H groups in total. The van der Waals surface area contributed by atoms with Gasteiger partial charge in [-0.15, -0.1) is 0 Å². The average molecular weight is 444 g/mol. The van der Waals surface area contributed by atoms with Crippen molar-refractivity contribution >= 4 is 17.5 Å². The Morgan fingerprint density at radius 2 is 1.35 bits per heavy atom. The summed E-state index contributed by atoms with van der Waals surface area (Å²) in [5.74, 6) is -1.55. The van der Waals surface area contributed by atoms with Crippen molar-refractivity contribution in [3.8, 4) is 0 Å². The van der Waals surface area contributed by atoms with E-state index >= 15 is 0 Å². The minimum absolute atomic E-state index is 0.00837. The summed E-state index contributed by atoms with van der Waals surface area (Å²) in [7, 11) is 0. The van der Waals surface area contributed by atoms with Gasteiger partial charge in [0, 0.05) is 18.7 Å². The molecule has 10 heteroatoms. The Balaban J connectivity index is 1.93. The highest BCUT2D eigenvalue weighted by atomic mass is 19.4. The molecule has 0 unspecified atom stereocenters. The summed E-state index contributed by atoms with van der Waals surface area (Å²) in [6.45, 7) is 1.06. The van der Waals surface area contributed by atoms with E-state index in [4.69, 9.17) is 0 Å². The van der Waals surface area contributed by atoms with Crippen LogP contribution in [0.3, 0.4) is 0 Å². The van der Waals surface area contributed by atoms with Crippen LogP contribution in [-0.2, 0) is 12.4 Å². The van der Waals surface area contributed by atoms with Gasteiger partial charge in [0.15, 0.2) is 0 Å². The number of carbonyl (C=O) groups excluding carboxylic acids is 2. The van der Waals surface area contributed by atoms with E-state index in [1.54, 1.807) is 11.0 Å². The van der Waals surface area contributed by atoms with E-state index in [2.05, 4.69) is 5.32 Å². The fourth-order valence-electron chi connectivity index (χ4n) is 3.33. The Hall–Kier alpha value is -3.04. The monoisotopic (exact) mass is 444 g/mol. The van der Waals surface area contributed by atoms with Gasteiger partial charge in [-0.3, -0.25) is 9.59 Å². The molecule has 2 amide bonds. The number of nitrogens with zero attached hydrogens (tertiary/aromatic N) is 1. The van der Waals surface area contributed by atoms with Crippen molar-refractivity contribution in [2.45, 2.75) is 31.6 Å². The van der Waals surface area contributed by atoms with Gasteiger partial charge in [0.2, 0.25) is 0 Å². The van der Waals surface area contributed by atoms with Crippen molar-refractivity contribution in [1.29, 1.82) is 0 Å². The van der Waals surface area contributed by atoms with Crippen LogP contribution in [0.1, 0.15) is 51.1 Å². The maximum absolute atomic E-state index is 13.1. The predicted octanol–water partition coefficient (Wildman–Crippen LogP) is 5.60. The van der Waals surface area contributed by atoms with Crippen LogP contribution >= 0.6 is 0 Å². The molecule has 0 radical (unpaired) electrons. The largest absolute Gasteiger partial charge is 0.416 e. The number of hydrogen-bond donors (Lipinski definition) is 1. The Morgan fingerprint density at radius 3 is 1.90 bits per heavy atom. The number of halogens is 6. The number of carbonyl (C=O) groups is 2. The van der Waals surface area contributed by atoms with Crippen molar-refractivity contribution in [2.75, 3.05) is 18.4 Å². The second-order valence-electron chi connectivity index (χ2n) is 7.15. The molecule has 31 heavy (non-hydrogen) atoms. The van der Waals surface area contributed by atoms with E-state index in [1.807, 2.05) is 0 Å². The van der Waals surface area contributed by atoms with Crippen molar-refractivity contribution < 1.29 is 35.9 Å². The van der Waals surface area contributed by atoms with Crippen LogP contribution in [0.25, 0.3) is 0 Å². The number of para-hydroxylation sites is 1. The molecule has 4 nitrogen and oxygen atoms in total. The Labute approximate surface area is 173 Å². The molecular weight excluding hydrogens is 426 g/mol. The fraction of sp³-hybridized carbons (Fsp3) is 0.333. The number of amides is 2. The molecule has 1 heterocycles. The molecule has 0 saturated carbocycles. The first-order valence-electron chi connectivity index (χ1n) is 9.46. The normalized spacial score (nSPS) is 15.0. The highest BCUT2D eigenvalue weighted by Gasteiger charge is 2.37. The van der Waals surface area contributed by atoms with Gasteiger partial charge in [-0.05, 0) is 49.6 Å². The van der Waals surface area contributed by atoms with Gasteiger partial charge >= 0.3 is 12.4 Å². The Kier molecular flexibility index (Phi) is 6.28. The molecule has 0 atom stereocenters. The van der Waals surface area contributed by atoms with Gasteiger partial charge in [0.1, 0.15) is 0 Å². The standard InChI is InChI=1S/C21H18F6N2O2/c22-20(23,24)14-10-13(11-15(12-14)21(25,26)27)18(30)28-17-7-3-2-6-16(17)19(31)29-8-4-1-5-9-29/h2-3,6-7,10-12H,1,4-5,8-9H2,(H,28,30). The minimum Gasteiger partial charge on any atom is -0.339 e. The molecule has 0 spiro atoms. The first-order chi connectivity index (χ1) is 14.5. The molecule has 0 aromatic heterocycles. The zero-order chi connectivity index (χ0) is 22.8. The molecule has 0 aliphatic carbocycles. The second-order valence-corrected chi connectivity index (χ2v) is 7.15. The van der Waals surface area contributed by atoms with E-state index in [0.29, 0.717) is 25.2 Å². The zero-order valence-electron chi connectivity index (χ0n) is 16.1. The van der Waals surface area contributed by atoms with Gasteiger partial charge < -0.3 is 10.2 Å². The van der Waals surface area contributed by atoms with E-state index < -0.39 is 35.0 Å². The third-order valence-corrected chi connectivity index (χ3v) is 4.90. The number of benzene rings is 2. The molecule has 1 aliphatic rings. The van der Waals surface area contributed by atoms with Crippen LogP contribution in [0.15, 0.2) is 42.5 Å². The van der Waals surface area contributed by atoms with Crippen LogP contribution in [0, 0.1) is 0 Å². The maximum Gasteiger partial charge on any atom is 0.416 e. The number of piperidine rings is 1. The lowest BCUT2D eigenvalue weighted by Crippen LogP contribution is -2.36. The highest BCUT2D eigenvalue weighted by Crippen LogP contribution is 2.36. The zero-order valence-corrected chi connectivity index (χ0v) is 16.1. The molecule has 166 valence electrons. The van der Waals surface area contributed by atoms with Crippen LogP contribution in [0.5, 0.6) is 0 Å². The molecule has 3 rings (SSSR count). The predicted molar refractivity (Wildman–Crippen MR) is 101 cm³/mol. The Morgan fingerprint density at radius 1 is 0.806 bits per heavy atom. The molecule has 0 bridgehead atoms. The summed E-state index contributed by atoms with van der Waals surface area (Å²) in [5, 5.41) is 2.28. The van der Waals surface area contributed by atoms with E-state index in [0.717, 1.165) is 19.3 Å². The van der Waals surface area contributed by atoms with Gasteiger partial charge in [-0.1, -0.05) is 12.1 Å². The van der Waals surface area contributed by atoms with Crippen molar-refractivity contribution in [1.82, 2.24) is 4.90 Å². The number of hydrogen-bond acceptors (Lipinski definition) is 2. The Bertz CT molecular complexity index is 946. The lowest BCUT2D eigenvalue weighted by Gasteiger charge is -2.27. The first-order valence-corrected chi connectivity index (χ1v) is 9.46. The summed E-state index contributed by atoms with van der Waals surface area (Å²) in [6, 6.07) is 6.51. The highest BCUT2D eigenvalue weighted by molar-refractivity contribution is 6.09. The number of likely N-dealkylation sites (tertiary alicyclic amines) is 1. The quantitative estimate of drug-likeness (QED) is 0.627. The smallest absolute Gasteiger partial charge is 0.339 e. The van der Waals surface area contributed by atoms with Crippen molar-refractivity contribution in [3.63, 3.8) is 0 Å². The van der Waals surface area contributed by atoms with E-state index in [1.165, 1.54) is 18.2 Å². The van der Waals surface area contributed by atoms with Gasteiger partial charge in [-0.2, -0.15) is 26.3 Å². The summed E-state index contributed by atoms with van der Waals surface area (Å²) in [4.78, 5) is 26.9. The summed E-state index contributed by atoms with van der Waals surface area (Å²) >= 11 is 0. The average Bonchev–Trinajstić information content (AvgIpc) is 2.72. The summed E-state index contributed by atoms with van der Waals surface area (Å²) < 4.78 is 78.3. The van der Waals surface area contributed by atoms with Gasteiger partial charge in [0.05, 0.1) is 22.4 Å². The summed E-state index contributed by atoms with van der Waals surface area (Å²) in [5.41, 5.74) is -3.88. The topological polar surface area (TPSA) is 49.4 Å². The first kappa shape index (κ1) is 22.6. The number of anilines is 1. The molecule has 2 aromatic rings. The molecule has 1 fully saturated rings. The van der Waals surface area contributed by atoms with Crippen molar-refractivity contribution in [3.05, 3.63) is 64.7 Å². The van der Waals surface area contributed by atoms with E-state index in [-0.39, 0.29) is 23.2 Å². The van der Waals surface area contributed by atoms with Crippen LogP contribution < -0.4 is 5.32 Å². The van der Waals surface area contributed by atoms with Crippen LogP contribution in [-0.4, -0.2) is 29.8 Å². The minimum atomic E-state index is -5.07. The van der Waals surface area contributed by atoms with E-state index in [9.17, 15) is 35.9 Å². The van der Waals surface area contributed by atoms with Crippen LogP contribution in [0.4, 0.5) is 32.0 Å². The number of nitrogens with one attached hydrogen (secondary N) is 1. The molecular formula is C21H18F6N2O2. The third kappa shape index (κ3) is 5.36. The lowest BCUT2D eigenvalue weighted by atomic mass is 10.0. The third-order valence-electron chi connectivity index (χ3n) is 4.90. The number of rotatable bonds is 3. The molecule has 1 aliphatic heterocycles. The van der Waals surface area contributed by atoms with Gasteiger partial charge in [-0.25, -0.2) is 0 Å². The lowest BCUT2D eigenvalue weighted by molar-refractivity contribution is -0.143. The SMILES string of the molecule is O=C(Nc1ccccc1C(=O)N1CCCCC1)c1cc(C(F)(F)F)cc(C(F)(F)F)c1. The van der Waals surface area contributed by atoms with Crippen molar-refractivity contribution in [2.24, 2.45) is 0 Å². The molecule has 1 saturated heterocycles. The van der Waals surface area contributed by atoms with Gasteiger partial charge in [0.25, 0.3) is 11.8 Å². The van der Waals surface area contributed by atoms with Crippen LogP contribution in [0.2, 0.25) is 0 Å². The second kappa shape index (κ2) is 8.60. The molecule has 2 aromatic carbocycles. The fourth-order valence-corrected chi connectivity index (χ4v) is 3.33. The number of alkyl halides is 6. The maximum atomic E-state index is 13.1.